The Morgan fingerprint density at radius 1 is 1.38 bits per heavy atom. The zero-order valence-electron chi connectivity index (χ0n) is 7.57. The second-order valence-electron chi connectivity index (χ2n) is 3.27. The van der Waals surface area contributed by atoms with Crippen LogP contribution in [0.1, 0.15) is 6.92 Å². The van der Waals surface area contributed by atoms with Gasteiger partial charge >= 0.3 is 0 Å². The van der Waals surface area contributed by atoms with E-state index in [0.29, 0.717) is 6.61 Å². The van der Waals surface area contributed by atoms with Gasteiger partial charge in [-0.2, -0.15) is 0 Å². The summed E-state index contributed by atoms with van der Waals surface area (Å²) >= 11 is 0. The highest BCUT2D eigenvalue weighted by atomic mass is 16.6. The van der Waals surface area contributed by atoms with Crippen molar-refractivity contribution in [2.24, 2.45) is 5.73 Å². The largest absolute Gasteiger partial charge is 0.486 e. The van der Waals surface area contributed by atoms with Crippen molar-refractivity contribution in [3.05, 3.63) is 24.3 Å². The van der Waals surface area contributed by atoms with E-state index in [1.165, 1.54) is 0 Å². The molecule has 1 aromatic rings. The number of benzene rings is 1. The predicted octanol–water partition coefficient (Wildman–Crippen LogP) is 1.17. The van der Waals surface area contributed by atoms with Crippen molar-refractivity contribution in [1.82, 2.24) is 0 Å². The monoisotopic (exact) mass is 179 g/mol. The second-order valence-corrected chi connectivity index (χ2v) is 3.27. The van der Waals surface area contributed by atoms with Crippen molar-refractivity contribution in [2.75, 3.05) is 6.61 Å². The number of hydrogen-bond donors (Lipinski definition) is 1. The summed E-state index contributed by atoms with van der Waals surface area (Å²) in [7, 11) is 0. The molecule has 1 heterocycles. The molecular weight excluding hydrogens is 166 g/mol. The molecule has 0 aliphatic carbocycles. The first-order valence-corrected chi connectivity index (χ1v) is 4.41. The lowest BCUT2D eigenvalue weighted by molar-refractivity contribution is 0.0765. The van der Waals surface area contributed by atoms with Gasteiger partial charge in [0, 0.05) is 6.04 Å². The van der Waals surface area contributed by atoms with Gasteiger partial charge in [0.15, 0.2) is 11.5 Å². The summed E-state index contributed by atoms with van der Waals surface area (Å²) in [5.41, 5.74) is 5.72. The molecule has 0 radical (unpaired) electrons. The molecule has 0 bridgehead atoms. The molecule has 0 aromatic heterocycles. The Kier molecular flexibility index (Phi) is 2.10. The number of rotatable bonds is 1. The minimum absolute atomic E-state index is 0.00615. The Labute approximate surface area is 77.5 Å². The highest BCUT2D eigenvalue weighted by Gasteiger charge is 2.23. The standard InChI is InChI=1S/C10H13NO2/c1-7(11)10-6-12-8-4-2-3-5-9(8)13-10/h2-5,7,10H,6,11H2,1H3/t7-,10?/m1/s1. The lowest BCUT2D eigenvalue weighted by Gasteiger charge is -2.28. The van der Waals surface area contributed by atoms with E-state index in [-0.39, 0.29) is 12.1 Å². The van der Waals surface area contributed by atoms with Crippen molar-refractivity contribution < 1.29 is 9.47 Å². The van der Waals surface area contributed by atoms with Crippen LogP contribution in [-0.2, 0) is 0 Å². The fourth-order valence-corrected chi connectivity index (χ4v) is 1.29. The topological polar surface area (TPSA) is 44.5 Å². The molecular formula is C10H13NO2. The lowest BCUT2D eigenvalue weighted by Crippen LogP contribution is -2.42. The molecule has 0 spiro atoms. The molecule has 2 rings (SSSR count). The first kappa shape index (κ1) is 8.38. The van der Waals surface area contributed by atoms with E-state index in [1.54, 1.807) is 0 Å². The maximum absolute atomic E-state index is 5.72. The molecule has 1 unspecified atom stereocenters. The highest BCUT2D eigenvalue weighted by Crippen LogP contribution is 2.31. The molecule has 3 nitrogen and oxygen atoms in total. The van der Waals surface area contributed by atoms with Gasteiger partial charge in [0.2, 0.25) is 0 Å². The Morgan fingerprint density at radius 2 is 2.08 bits per heavy atom. The van der Waals surface area contributed by atoms with Gasteiger partial charge < -0.3 is 15.2 Å². The number of nitrogens with two attached hydrogens (primary N) is 1. The quantitative estimate of drug-likeness (QED) is 0.704. The Hall–Kier alpha value is -1.22. The third kappa shape index (κ3) is 1.60. The summed E-state index contributed by atoms with van der Waals surface area (Å²) in [6, 6.07) is 7.63. The van der Waals surface area contributed by atoms with E-state index < -0.39 is 0 Å². The van der Waals surface area contributed by atoms with Crippen LogP contribution in [-0.4, -0.2) is 18.8 Å². The molecule has 1 aromatic carbocycles. The van der Waals surface area contributed by atoms with E-state index in [4.69, 9.17) is 15.2 Å². The first-order valence-electron chi connectivity index (χ1n) is 4.41. The summed E-state index contributed by atoms with van der Waals surface area (Å²) in [4.78, 5) is 0. The molecule has 0 fully saturated rings. The fourth-order valence-electron chi connectivity index (χ4n) is 1.29. The average Bonchev–Trinajstić information content (AvgIpc) is 2.17. The van der Waals surface area contributed by atoms with Crippen LogP contribution in [0.4, 0.5) is 0 Å². The number of para-hydroxylation sites is 2. The lowest BCUT2D eigenvalue weighted by atomic mass is 10.2. The fraction of sp³-hybridized carbons (Fsp3) is 0.400. The zero-order valence-corrected chi connectivity index (χ0v) is 7.57. The van der Waals surface area contributed by atoms with Crippen LogP contribution >= 0.6 is 0 Å². The number of hydrogen-bond acceptors (Lipinski definition) is 3. The molecule has 13 heavy (non-hydrogen) atoms. The van der Waals surface area contributed by atoms with Crippen LogP contribution in [0.2, 0.25) is 0 Å². The summed E-state index contributed by atoms with van der Waals surface area (Å²) in [5, 5.41) is 0. The van der Waals surface area contributed by atoms with Crippen molar-refractivity contribution in [2.45, 2.75) is 19.1 Å². The second kappa shape index (κ2) is 3.26. The smallest absolute Gasteiger partial charge is 0.161 e. The first-order chi connectivity index (χ1) is 6.27. The number of fused-ring (bicyclic) bond motifs is 1. The molecule has 0 amide bonds. The Morgan fingerprint density at radius 3 is 2.77 bits per heavy atom. The predicted molar refractivity (Wildman–Crippen MR) is 50.0 cm³/mol. The van der Waals surface area contributed by atoms with Gasteiger partial charge in [-0.3, -0.25) is 0 Å². The van der Waals surface area contributed by atoms with Gasteiger partial charge in [0.25, 0.3) is 0 Å². The molecule has 1 aliphatic rings. The van der Waals surface area contributed by atoms with Gasteiger partial charge in [0.05, 0.1) is 0 Å². The normalized spacial score (nSPS) is 22.5. The van der Waals surface area contributed by atoms with Gasteiger partial charge in [-0.15, -0.1) is 0 Å². The third-order valence-electron chi connectivity index (χ3n) is 2.12. The zero-order chi connectivity index (χ0) is 9.26. The van der Waals surface area contributed by atoms with Crippen LogP contribution in [0.3, 0.4) is 0 Å². The summed E-state index contributed by atoms with van der Waals surface area (Å²) in [6.45, 7) is 2.46. The third-order valence-corrected chi connectivity index (χ3v) is 2.12. The van der Waals surface area contributed by atoms with Crippen LogP contribution < -0.4 is 15.2 Å². The molecule has 70 valence electrons. The molecule has 0 saturated heterocycles. The minimum atomic E-state index is -0.0325. The van der Waals surface area contributed by atoms with Crippen molar-refractivity contribution in [3.63, 3.8) is 0 Å². The van der Waals surface area contributed by atoms with E-state index in [0.717, 1.165) is 11.5 Å². The Bertz CT molecular complexity index is 299. The number of ether oxygens (including phenoxy) is 2. The highest BCUT2D eigenvalue weighted by molar-refractivity contribution is 5.40. The van der Waals surface area contributed by atoms with Gasteiger partial charge in [-0.25, -0.2) is 0 Å². The summed E-state index contributed by atoms with van der Waals surface area (Å²) < 4.78 is 11.1. The van der Waals surface area contributed by atoms with E-state index in [2.05, 4.69) is 0 Å². The van der Waals surface area contributed by atoms with Gasteiger partial charge in [-0.1, -0.05) is 12.1 Å². The van der Waals surface area contributed by atoms with Crippen molar-refractivity contribution in [3.8, 4) is 11.5 Å². The van der Waals surface area contributed by atoms with Crippen molar-refractivity contribution in [1.29, 1.82) is 0 Å². The van der Waals surface area contributed by atoms with Crippen LogP contribution in [0.15, 0.2) is 24.3 Å². The van der Waals surface area contributed by atoms with Gasteiger partial charge in [0.1, 0.15) is 12.7 Å². The maximum Gasteiger partial charge on any atom is 0.161 e. The molecule has 2 atom stereocenters. The summed E-state index contributed by atoms with van der Waals surface area (Å²) in [5.74, 6) is 1.59. The molecule has 3 heteroatoms. The Balaban J connectivity index is 2.20. The van der Waals surface area contributed by atoms with Crippen LogP contribution in [0, 0.1) is 0 Å². The van der Waals surface area contributed by atoms with Crippen molar-refractivity contribution >= 4 is 0 Å². The summed E-state index contributed by atoms with van der Waals surface area (Å²) in [6.07, 6.45) is -0.0325. The van der Waals surface area contributed by atoms with E-state index >= 15 is 0 Å². The minimum Gasteiger partial charge on any atom is -0.486 e. The molecule has 0 saturated carbocycles. The molecule has 1 aliphatic heterocycles. The van der Waals surface area contributed by atoms with Crippen LogP contribution in [0.5, 0.6) is 11.5 Å². The SMILES string of the molecule is C[C@@H](N)C1COc2ccccc2O1. The van der Waals surface area contributed by atoms with Crippen LogP contribution in [0.25, 0.3) is 0 Å². The van der Waals surface area contributed by atoms with E-state index in [1.807, 2.05) is 31.2 Å². The average molecular weight is 179 g/mol. The maximum atomic E-state index is 5.72. The van der Waals surface area contributed by atoms with Gasteiger partial charge in [-0.05, 0) is 19.1 Å². The molecule has 2 N–H and O–H groups in total. The van der Waals surface area contributed by atoms with E-state index in [9.17, 15) is 0 Å².